The number of nitrogens with one attached hydrogen (secondary N) is 1. The van der Waals surface area contributed by atoms with Crippen molar-refractivity contribution in [3.8, 4) is 0 Å². The molecule has 0 saturated carbocycles. The van der Waals surface area contributed by atoms with E-state index in [2.05, 4.69) is 10.5 Å². The van der Waals surface area contributed by atoms with E-state index >= 15 is 0 Å². The highest BCUT2D eigenvalue weighted by molar-refractivity contribution is 7.88. The van der Waals surface area contributed by atoms with Crippen LogP contribution in [0, 0.1) is 0 Å². The fourth-order valence-corrected chi connectivity index (χ4v) is 3.27. The Hall–Kier alpha value is -2.71. The number of nitrogens with zero attached hydrogens (tertiary/aromatic N) is 3. The van der Waals surface area contributed by atoms with E-state index in [4.69, 9.17) is 0 Å². The highest BCUT2D eigenvalue weighted by Gasteiger charge is 2.19. The number of anilines is 1. The van der Waals surface area contributed by atoms with Crippen molar-refractivity contribution in [2.45, 2.75) is 6.42 Å². The molecule has 28 heavy (non-hydrogen) atoms. The molecule has 7 nitrogen and oxygen atoms in total. The molecule has 0 aromatic heterocycles. The molecule has 1 N–H and O–H groups in total. The molecule has 0 fully saturated rings. The van der Waals surface area contributed by atoms with E-state index in [9.17, 15) is 13.2 Å². The number of benzene rings is 2. The second-order valence-corrected chi connectivity index (χ2v) is 8.59. The molecule has 1 amide bonds. The molecule has 0 aliphatic carbocycles. The molecule has 0 aliphatic heterocycles. The van der Waals surface area contributed by atoms with Crippen LogP contribution in [0.4, 0.5) is 5.69 Å². The van der Waals surface area contributed by atoms with Crippen molar-refractivity contribution in [1.29, 1.82) is 0 Å². The molecule has 2 rings (SSSR count). The minimum Gasteiger partial charge on any atom is -0.378 e. The lowest BCUT2D eigenvalue weighted by molar-refractivity contribution is -0.121. The van der Waals surface area contributed by atoms with Gasteiger partial charge in [0.25, 0.3) is 5.91 Å². The highest BCUT2D eigenvalue weighted by atomic mass is 32.2. The molecule has 0 spiro atoms. The number of rotatable bonds is 9. The molecular formula is C20H26N4O3S. The Labute approximate surface area is 166 Å². The third-order valence-corrected chi connectivity index (χ3v) is 5.34. The van der Waals surface area contributed by atoms with Crippen molar-refractivity contribution >= 4 is 27.8 Å². The first-order valence-electron chi connectivity index (χ1n) is 8.84. The predicted octanol–water partition coefficient (Wildman–Crippen LogP) is 1.71. The summed E-state index contributed by atoms with van der Waals surface area (Å²) in [5.41, 5.74) is 5.28. The lowest BCUT2D eigenvalue weighted by Crippen LogP contribution is -2.40. The van der Waals surface area contributed by atoms with Gasteiger partial charge in [-0.1, -0.05) is 42.5 Å². The average molecular weight is 403 g/mol. The number of hydrazone groups is 1. The Kier molecular flexibility index (Phi) is 7.71. The molecule has 0 unspecified atom stereocenters. The average Bonchev–Trinajstić information content (AvgIpc) is 2.65. The molecule has 2 aromatic carbocycles. The van der Waals surface area contributed by atoms with E-state index in [-0.39, 0.29) is 13.1 Å². The maximum Gasteiger partial charge on any atom is 0.255 e. The highest BCUT2D eigenvalue weighted by Crippen LogP contribution is 2.10. The molecule has 0 bridgehead atoms. The number of hydrogen-bond acceptors (Lipinski definition) is 5. The third-order valence-electron chi connectivity index (χ3n) is 4.09. The van der Waals surface area contributed by atoms with Gasteiger partial charge in [0.2, 0.25) is 10.0 Å². The summed E-state index contributed by atoms with van der Waals surface area (Å²) < 4.78 is 25.1. The number of hydrogen-bond donors (Lipinski definition) is 1. The van der Waals surface area contributed by atoms with Gasteiger partial charge in [-0.15, -0.1) is 0 Å². The Morgan fingerprint density at radius 3 is 2.29 bits per heavy atom. The second-order valence-electron chi connectivity index (χ2n) is 6.61. The van der Waals surface area contributed by atoms with Gasteiger partial charge >= 0.3 is 0 Å². The van der Waals surface area contributed by atoms with Crippen LogP contribution < -0.4 is 10.3 Å². The smallest absolute Gasteiger partial charge is 0.255 e. The Balaban J connectivity index is 1.90. The van der Waals surface area contributed by atoms with Gasteiger partial charge < -0.3 is 4.90 Å². The maximum atomic E-state index is 12.1. The topological polar surface area (TPSA) is 82.1 Å². The van der Waals surface area contributed by atoms with Gasteiger partial charge in [-0.25, -0.2) is 13.8 Å². The van der Waals surface area contributed by atoms with E-state index in [0.29, 0.717) is 6.42 Å². The zero-order chi connectivity index (χ0) is 20.6. The monoisotopic (exact) mass is 402 g/mol. The molecule has 8 heteroatoms. The van der Waals surface area contributed by atoms with E-state index in [1.807, 2.05) is 73.6 Å². The van der Waals surface area contributed by atoms with Crippen molar-refractivity contribution in [2.75, 3.05) is 38.3 Å². The van der Waals surface area contributed by atoms with Crippen LogP contribution in [0.25, 0.3) is 0 Å². The summed E-state index contributed by atoms with van der Waals surface area (Å²) in [5.74, 6) is -0.486. The van der Waals surface area contributed by atoms with E-state index in [1.165, 1.54) is 6.21 Å². The van der Waals surface area contributed by atoms with Crippen LogP contribution in [0.3, 0.4) is 0 Å². The van der Waals surface area contributed by atoms with Crippen LogP contribution in [0.1, 0.15) is 11.1 Å². The minimum absolute atomic E-state index is 0.228. The summed E-state index contributed by atoms with van der Waals surface area (Å²) >= 11 is 0. The Morgan fingerprint density at radius 2 is 1.71 bits per heavy atom. The number of sulfonamides is 1. The fourth-order valence-electron chi connectivity index (χ4n) is 2.49. The molecule has 0 radical (unpaired) electrons. The molecule has 0 aliphatic rings. The minimum atomic E-state index is -3.50. The Morgan fingerprint density at radius 1 is 1.07 bits per heavy atom. The van der Waals surface area contributed by atoms with Crippen molar-refractivity contribution in [1.82, 2.24) is 9.73 Å². The number of amides is 1. The molecule has 150 valence electrons. The lowest BCUT2D eigenvalue weighted by Gasteiger charge is -2.18. The van der Waals surface area contributed by atoms with Crippen LogP contribution in [0.2, 0.25) is 0 Å². The van der Waals surface area contributed by atoms with Crippen LogP contribution >= 0.6 is 0 Å². The summed E-state index contributed by atoms with van der Waals surface area (Å²) in [6.07, 6.45) is 3.15. The fraction of sp³-hybridized carbons (Fsp3) is 0.300. The lowest BCUT2D eigenvalue weighted by atomic mass is 10.1. The van der Waals surface area contributed by atoms with Gasteiger partial charge in [0.15, 0.2) is 0 Å². The summed E-state index contributed by atoms with van der Waals surface area (Å²) in [6, 6.07) is 17.2. The van der Waals surface area contributed by atoms with Crippen molar-refractivity contribution in [3.05, 3.63) is 65.7 Å². The van der Waals surface area contributed by atoms with Crippen LogP contribution in [0.5, 0.6) is 0 Å². The zero-order valence-electron chi connectivity index (χ0n) is 16.4. The first kappa shape index (κ1) is 21.6. The summed E-state index contributed by atoms with van der Waals surface area (Å²) in [5, 5.41) is 3.91. The van der Waals surface area contributed by atoms with Gasteiger partial charge in [-0.05, 0) is 29.7 Å². The quantitative estimate of drug-likeness (QED) is 0.511. The predicted molar refractivity (Wildman–Crippen MR) is 113 cm³/mol. The van der Waals surface area contributed by atoms with Crippen molar-refractivity contribution in [2.24, 2.45) is 5.10 Å². The molecule has 0 saturated heterocycles. The third kappa shape index (κ3) is 7.13. The SMILES string of the molecule is CN(C)c1ccc(C=NNC(=O)CN(CCc2ccccc2)S(C)(=O)=O)cc1. The summed E-state index contributed by atoms with van der Waals surface area (Å²) in [7, 11) is 0.402. The van der Waals surface area contributed by atoms with Gasteiger partial charge in [-0.2, -0.15) is 9.41 Å². The van der Waals surface area contributed by atoms with Crippen molar-refractivity contribution in [3.63, 3.8) is 0 Å². The molecule has 2 aromatic rings. The van der Waals surface area contributed by atoms with Crippen LogP contribution in [0.15, 0.2) is 59.7 Å². The van der Waals surface area contributed by atoms with E-state index < -0.39 is 15.9 Å². The first-order chi connectivity index (χ1) is 13.3. The standard InChI is InChI=1S/C20H26N4O3S/c1-23(2)19-11-9-18(10-12-19)15-21-22-20(25)16-24(28(3,26)27)14-13-17-7-5-4-6-8-17/h4-12,15H,13-14,16H2,1-3H3,(H,22,25). The maximum absolute atomic E-state index is 12.1. The summed E-state index contributed by atoms with van der Waals surface area (Å²) in [4.78, 5) is 14.1. The first-order valence-corrected chi connectivity index (χ1v) is 10.7. The zero-order valence-corrected chi connectivity index (χ0v) is 17.2. The van der Waals surface area contributed by atoms with Crippen LogP contribution in [-0.4, -0.2) is 58.3 Å². The van der Waals surface area contributed by atoms with Gasteiger partial charge in [0.05, 0.1) is 19.0 Å². The van der Waals surface area contributed by atoms with E-state index in [1.54, 1.807) is 0 Å². The second kappa shape index (κ2) is 10.0. The van der Waals surface area contributed by atoms with Crippen LogP contribution in [-0.2, 0) is 21.2 Å². The normalized spacial score (nSPS) is 11.7. The van der Waals surface area contributed by atoms with Gasteiger partial charge in [-0.3, -0.25) is 4.79 Å². The number of carbonyl (C=O) groups is 1. The summed E-state index contributed by atoms with van der Waals surface area (Å²) in [6.45, 7) is -0.0471. The van der Waals surface area contributed by atoms with Crippen molar-refractivity contribution < 1.29 is 13.2 Å². The van der Waals surface area contributed by atoms with Gasteiger partial charge in [0, 0.05) is 26.3 Å². The largest absolute Gasteiger partial charge is 0.378 e. The molecule has 0 heterocycles. The Bertz CT molecular complexity index is 895. The molecular weight excluding hydrogens is 376 g/mol. The van der Waals surface area contributed by atoms with Gasteiger partial charge in [0.1, 0.15) is 0 Å². The molecule has 0 atom stereocenters. The van der Waals surface area contributed by atoms with E-state index in [0.717, 1.165) is 27.4 Å². The number of carbonyl (C=O) groups excluding carboxylic acids is 1.